The highest BCUT2D eigenvalue weighted by molar-refractivity contribution is 6.40. The molecule has 0 atom stereocenters. The maximum atomic E-state index is 8.89. The van der Waals surface area contributed by atoms with Gasteiger partial charge in [-0.2, -0.15) is 4.58 Å². The number of benzene rings is 4. The third-order valence-electron chi connectivity index (χ3n) is 6.83. The van der Waals surface area contributed by atoms with Crippen molar-refractivity contribution in [1.29, 1.82) is 0 Å². The third-order valence-corrected chi connectivity index (χ3v) is 7.16. The molecule has 0 saturated heterocycles. The fourth-order valence-electron chi connectivity index (χ4n) is 5.11. The number of hydrogen-bond acceptors (Lipinski definition) is 3. The minimum atomic E-state index is -1.08. The molecule has 0 aromatic heterocycles. The summed E-state index contributed by atoms with van der Waals surface area (Å²) in [6.45, 7) is 7.33. The molecule has 0 aliphatic carbocycles. The Kier molecular flexibility index (Phi) is 9.00. The average Bonchev–Trinajstić information content (AvgIpc) is 3.23. The van der Waals surface area contributed by atoms with E-state index < -0.39 is 5.97 Å². The predicted octanol–water partition coefficient (Wildman–Crippen LogP) is 6.68. The molecule has 4 nitrogen and oxygen atoms in total. The van der Waals surface area contributed by atoms with Crippen LogP contribution in [-0.4, -0.2) is 36.4 Å². The zero-order valence-corrected chi connectivity index (χ0v) is 23.6. The van der Waals surface area contributed by atoms with Crippen molar-refractivity contribution < 1.29 is 14.5 Å². The highest BCUT2D eigenvalue weighted by Gasteiger charge is 2.36. The number of para-hydroxylation sites is 1. The van der Waals surface area contributed by atoms with E-state index in [0.29, 0.717) is 0 Å². The summed E-state index contributed by atoms with van der Waals surface area (Å²) < 4.78 is 2.31. The lowest BCUT2D eigenvalue weighted by atomic mass is 9.86. The van der Waals surface area contributed by atoms with Crippen LogP contribution in [-0.2, 0) is 4.79 Å². The fourth-order valence-corrected chi connectivity index (χ4v) is 5.34. The topological polar surface area (TPSA) is 46.4 Å². The number of hydrogen-bond donors (Lipinski definition) is 0. The van der Waals surface area contributed by atoms with E-state index in [-0.39, 0.29) is 0 Å². The minimum Gasteiger partial charge on any atom is -0.550 e. The van der Waals surface area contributed by atoms with Gasteiger partial charge in [-0.3, -0.25) is 0 Å². The van der Waals surface area contributed by atoms with E-state index in [9.17, 15) is 0 Å². The van der Waals surface area contributed by atoms with Gasteiger partial charge in [-0.25, -0.2) is 0 Å². The molecular weight excluding hydrogens is 504 g/mol. The van der Waals surface area contributed by atoms with Crippen LogP contribution in [0.15, 0.2) is 103 Å². The molecule has 4 aromatic rings. The van der Waals surface area contributed by atoms with Crippen LogP contribution in [0.1, 0.15) is 43.0 Å². The monoisotopic (exact) mass is 536 g/mol. The number of anilines is 1. The maximum Gasteiger partial charge on any atom is 0.221 e. The van der Waals surface area contributed by atoms with Crippen molar-refractivity contribution in [3.63, 3.8) is 0 Å². The van der Waals surface area contributed by atoms with Gasteiger partial charge in [0, 0.05) is 52.5 Å². The Morgan fingerprint density at radius 2 is 1.38 bits per heavy atom. The lowest BCUT2D eigenvalue weighted by molar-refractivity contribution is -0.400. The molecule has 1 aliphatic rings. The summed E-state index contributed by atoms with van der Waals surface area (Å²) >= 11 is 6.87. The van der Waals surface area contributed by atoms with Crippen molar-refractivity contribution in [2.45, 2.75) is 20.8 Å². The highest BCUT2D eigenvalue weighted by Crippen LogP contribution is 2.44. The number of fused-ring (bicyclic) bond motifs is 1. The summed E-state index contributed by atoms with van der Waals surface area (Å²) in [5.74, 6) is -1.08. The molecule has 39 heavy (non-hydrogen) atoms. The molecule has 0 bridgehead atoms. The van der Waals surface area contributed by atoms with Crippen molar-refractivity contribution in [1.82, 2.24) is 0 Å². The first-order chi connectivity index (χ1) is 18.9. The number of rotatable bonds is 6. The Labute approximate surface area is 236 Å². The molecule has 5 heteroatoms. The molecular formula is C34H33ClN2O2. The quantitative estimate of drug-likeness (QED) is 0.258. The van der Waals surface area contributed by atoms with Crippen molar-refractivity contribution >= 4 is 45.8 Å². The molecule has 0 fully saturated rings. The first-order valence-corrected chi connectivity index (χ1v) is 13.5. The van der Waals surface area contributed by atoms with Gasteiger partial charge in [0.2, 0.25) is 11.4 Å². The van der Waals surface area contributed by atoms with E-state index in [4.69, 9.17) is 21.5 Å². The highest BCUT2D eigenvalue weighted by atomic mass is 35.5. The number of halogens is 1. The van der Waals surface area contributed by atoms with Gasteiger partial charge in [0.05, 0.1) is 11.1 Å². The maximum absolute atomic E-state index is 8.89. The van der Waals surface area contributed by atoms with Gasteiger partial charge in [-0.1, -0.05) is 72.3 Å². The van der Waals surface area contributed by atoms with E-state index in [0.717, 1.165) is 41.7 Å². The zero-order chi connectivity index (χ0) is 27.9. The molecule has 1 heterocycles. The number of allylic oxidation sites excluding steroid dienone is 1. The molecule has 5 rings (SSSR count). The summed E-state index contributed by atoms with van der Waals surface area (Å²) in [4.78, 5) is 11.3. The molecule has 0 unspecified atom stereocenters. The number of nitrogens with zero attached hydrogens (tertiary/aromatic N) is 2. The second-order valence-electron chi connectivity index (χ2n) is 9.23. The van der Waals surface area contributed by atoms with E-state index in [1.54, 1.807) is 0 Å². The second kappa shape index (κ2) is 12.6. The Bertz CT molecular complexity index is 1510. The van der Waals surface area contributed by atoms with E-state index in [1.165, 1.54) is 33.8 Å². The van der Waals surface area contributed by atoms with Crippen LogP contribution in [0, 0.1) is 0 Å². The minimum absolute atomic E-state index is 0.752. The van der Waals surface area contributed by atoms with Gasteiger partial charge < -0.3 is 14.8 Å². The summed E-state index contributed by atoms with van der Waals surface area (Å²) in [5, 5.41) is 9.64. The smallest absolute Gasteiger partial charge is 0.221 e. The van der Waals surface area contributed by atoms with Gasteiger partial charge in [-0.05, 0) is 62.7 Å². The first-order valence-electron chi connectivity index (χ1n) is 13.1. The van der Waals surface area contributed by atoms with Crippen molar-refractivity contribution in [2.24, 2.45) is 0 Å². The molecule has 0 N–H and O–H groups in total. The van der Waals surface area contributed by atoms with Crippen molar-refractivity contribution in [3.8, 4) is 0 Å². The summed E-state index contributed by atoms with van der Waals surface area (Å²) in [6, 6.07) is 36.4. The third kappa shape index (κ3) is 5.97. The van der Waals surface area contributed by atoms with Gasteiger partial charge in [0.25, 0.3) is 0 Å². The van der Waals surface area contributed by atoms with Crippen LogP contribution in [0.5, 0.6) is 0 Å². The Hall–Kier alpha value is -4.15. The SMILES string of the molecule is CC(=O)[O-].CCN(CC)c1ccc(C(=C2C(c3ccccc3)=[N+](C)c3ccccc32)c2ccccc2Cl)cc1. The largest absolute Gasteiger partial charge is 0.550 e. The molecule has 0 radical (unpaired) electrons. The van der Waals surface area contributed by atoms with Gasteiger partial charge in [0.1, 0.15) is 7.05 Å². The molecule has 0 saturated carbocycles. The predicted molar refractivity (Wildman–Crippen MR) is 161 cm³/mol. The molecule has 0 spiro atoms. The zero-order valence-electron chi connectivity index (χ0n) is 22.8. The number of carboxylic acid groups (broad SMARTS) is 1. The van der Waals surface area contributed by atoms with Crippen LogP contribution < -0.4 is 10.0 Å². The normalized spacial score (nSPS) is 13.4. The van der Waals surface area contributed by atoms with E-state index >= 15 is 0 Å². The van der Waals surface area contributed by atoms with Crippen LogP contribution >= 0.6 is 11.6 Å². The lowest BCUT2D eigenvalue weighted by Crippen LogP contribution is -2.21. The summed E-state index contributed by atoms with van der Waals surface area (Å²) in [6.07, 6.45) is 0. The average molecular weight is 537 g/mol. The van der Waals surface area contributed by atoms with Gasteiger partial charge in [-0.15, -0.1) is 0 Å². The fraction of sp³-hybridized carbons (Fsp3) is 0.176. The molecule has 198 valence electrons. The lowest BCUT2D eigenvalue weighted by Gasteiger charge is -2.22. The summed E-state index contributed by atoms with van der Waals surface area (Å²) in [7, 11) is 2.15. The first kappa shape index (κ1) is 27.9. The molecule has 4 aromatic carbocycles. The number of carbonyl (C=O) groups excluding carboxylic acids is 1. The van der Waals surface area contributed by atoms with Crippen LogP contribution in [0.2, 0.25) is 5.02 Å². The number of aliphatic carboxylic acids is 1. The second-order valence-corrected chi connectivity index (χ2v) is 9.64. The standard InChI is InChI=1S/C32H30ClN2.C2H4O2/c1-4-35(5-2)25-21-19-23(20-22-25)30(26-15-9-11-17-28(26)33)31-27-16-10-12-18-29(27)34(3)32(31)24-13-7-6-8-14-24;1-2(3)4/h6-22H,4-5H2,1-3H3;1H3,(H,3,4)/q+1;/p-1. The molecule has 1 aliphatic heterocycles. The Morgan fingerprint density at radius 3 is 2.00 bits per heavy atom. The molecule has 0 amide bonds. The Morgan fingerprint density at radius 1 is 0.821 bits per heavy atom. The Balaban J connectivity index is 0.000000826. The van der Waals surface area contributed by atoms with Crippen molar-refractivity contribution in [2.75, 3.05) is 25.0 Å². The van der Waals surface area contributed by atoms with E-state index in [2.05, 4.69) is 121 Å². The van der Waals surface area contributed by atoms with Gasteiger partial charge >= 0.3 is 0 Å². The van der Waals surface area contributed by atoms with E-state index in [1.807, 2.05) is 12.1 Å². The van der Waals surface area contributed by atoms with Crippen molar-refractivity contribution in [3.05, 3.63) is 130 Å². The van der Waals surface area contributed by atoms with Crippen LogP contribution in [0.3, 0.4) is 0 Å². The number of carbonyl (C=O) groups is 1. The number of carboxylic acids is 1. The van der Waals surface area contributed by atoms with Gasteiger partial charge in [0.15, 0.2) is 0 Å². The van der Waals surface area contributed by atoms with Crippen LogP contribution in [0.4, 0.5) is 11.4 Å². The summed E-state index contributed by atoms with van der Waals surface area (Å²) in [5.41, 5.74) is 10.6. The van der Waals surface area contributed by atoms with Crippen LogP contribution in [0.25, 0.3) is 11.1 Å².